The van der Waals surface area contributed by atoms with Crippen molar-refractivity contribution in [3.05, 3.63) is 33.9 Å². The summed E-state index contributed by atoms with van der Waals surface area (Å²) in [6.07, 6.45) is 0. The van der Waals surface area contributed by atoms with E-state index in [1.54, 1.807) is 0 Å². The monoisotopic (exact) mass is 225 g/mol. The van der Waals surface area contributed by atoms with Crippen molar-refractivity contribution in [1.82, 2.24) is 0 Å². The van der Waals surface area contributed by atoms with Gasteiger partial charge in [-0.3, -0.25) is 10.1 Å². The second-order valence-corrected chi connectivity index (χ2v) is 2.78. The van der Waals surface area contributed by atoms with Gasteiger partial charge in [0.05, 0.1) is 16.2 Å². The molecule has 0 heterocycles. The van der Waals surface area contributed by atoms with E-state index in [9.17, 15) is 19.7 Å². The first-order chi connectivity index (χ1) is 7.41. The zero-order valence-electron chi connectivity index (χ0n) is 7.84. The third kappa shape index (κ3) is 2.44. The number of nitrogens with zero attached hydrogens (tertiary/aromatic N) is 1. The fraction of sp³-hybridized carbons (Fsp3) is 0. The van der Waals surface area contributed by atoms with Gasteiger partial charge in [0.1, 0.15) is 0 Å². The maximum atomic E-state index is 10.8. The first-order valence-electron chi connectivity index (χ1n) is 4.00. The molecular formula is C8H7N3O5. The van der Waals surface area contributed by atoms with E-state index in [1.807, 2.05) is 0 Å². The number of hydrogen-bond donors (Lipinski definition) is 3. The summed E-state index contributed by atoms with van der Waals surface area (Å²) in [6.45, 7) is 0. The maximum Gasteiger partial charge on any atom is 0.338 e. The van der Waals surface area contributed by atoms with Crippen molar-refractivity contribution in [2.45, 2.75) is 0 Å². The Morgan fingerprint density at radius 3 is 2.50 bits per heavy atom. The van der Waals surface area contributed by atoms with Crippen molar-refractivity contribution < 1.29 is 19.6 Å². The molecule has 0 fully saturated rings. The van der Waals surface area contributed by atoms with Crippen molar-refractivity contribution in [2.24, 2.45) is 5.73 Å². The molecule has 0 unspecified atom stereocenters. The zero-order valence-corrected chi connectivity index (χ0v) is 7.84. The van der Waals surface area contributed by atoms with Crippen LogP contribution >= 0.6 is 0 Å². The van der Waals surface area contributed by atoms with Gasteiger partial charge < -0.3 is 16.2 Å². The number of non-ortho nitro benzene ring substituents is 1. The van der Waals surface area contributed by atoms with Gasteiger partial charge in [-0.25, -0.2) is 9.59 Å². The molecule has 16 heavy (non-hydrogen) atoms. The summed E-state index contributed by atoms with van der Waals surface area (Å²) < 4.78 is 0. The molecule has 1 aromatic carbocycles. The van der Waals surface area contributed by atoms with Gasteiger partial charge in [-0.05, 0) is 6.07 Å². The van der Waals surface area contributed by atoms with E-state index >= 15 is 0 Å². The number of rotatable bonds is 3. The average Bonchev–Trinajstić information content (AvgIpc) is 2.16. The molecule has 0 aromatic heterocycles. The summed E-state index contributed by atoms with van der Waals surface area (Å²) in [4.78, 5) is 31.0. The largest absolute Gasteiger partial charge is 0.478 e. The average molecular weight is 225 g/mol. The minimum atomic E-state index is -1.40. The lowest BCUT2D eigenvalue weighted by Crippen LogP contribution is -2.21. The number of hydrogen-bond acceptors (Lipinski definition) is 4. The van der Waals surface area contributed by atoms with E-state index in [0.29, 0.717) is 0 Å². The number of nitro benzene ring substituents is 1. The quantitative estimate of drug-likeness (QED) is 0.515. The van der Waals surface area contributed by atoms with Crippen LogP contribution in [-0.4, -0.2) is 22.0 Å². The molecule has 0 spiro atoms. The number of nitrogens with one attached hydrogen (secondary N) is 1. The highest BCUT2D eigenvalue weighted by molar-refractivity contribution is 6.00. The Morgan fingerprint density at radius 1 is 1.44 bits per heavy atom. The number of carbonyl (C=O) groups is 2. The molecule has 2 amide bonds. The van der Waals surface area contributed by atoms with Crippen LogP contribution in [0.4, 0.5) is 16.2 Å². The molecule has 0 saturated carbocycles. The molecule has 0 aliphatic carbocycles. The number of carbonyl (C=O) groups excluding carboxylic acids is 1. The minimum Gasteiger partial charge on any atom is -0.478 e. The van der Waals surface area contributed by atoms with Crippen LogP contribution in [0.15, 0.2) is 18.2 Å². The predicted octanol–water partition coefficient (Wildman–Crippen LogP) is 0.784. The molecule has 0 radical (unpaired) electrons. The second kappa shape index (κ2) is 4.26. The zero-order chi connectivity index (χ0) is 12.3. The number of carboxylic acid groups (broad SMARTS) is 1. The lowest BCUT2D eigenvalue weighted by atomic mass is 10.1. The Bertz CT molecular complexity index is 471. The lowest BCUT2D eigenvalue weighted by Gasteiger charge is -2.05. The predicted molar refractivity (Wildman–Crippen MR) is 53.3 cm³/mol. The SMILES string of the molecule is NC(=O)Nc1ccc([N+](=O)[O-])cc1C(=O)O. The van der Waals surface area contributed by atoms with Crippen molar-refractivity contribution in [2.75, 3.05) is 5.32 Å². The summed E-state index contributed by atoms with van der Waals surface area (Å²) in [5.41, 5.74) is 3.95. The van der Waals surface area contributed by atoms with Crippen LogP contribution in [-0.2, 0) is 0 Å². The van der Waals surface area contributed by atoms with Gasteiger partial charge in [0.15, 0.2) is 0 Å². The first-order valence-corrected chi connectivity index (χ1v) is 4.00. The van der Waals surface area contributed by atoms with Gasteiger partial charge in [0.25, 0.3) is 5.69 Å². The van der Waals surface area contributed by atoms with E-state index in [2.05, 4.69) is 5.32 Å². The summed E-state index contributed by atoms with van der Waals surface area (Å²) in [5, 5.41) is 21.2. The van der Waals surface area contributed by atoms with Crippen molar-refractivity contribution in [3.63, 3.8) is 0 Å². The highest BCUT2D eigenvalue weighted by Gasteiger charge is 2.16. The number of amides is 2. The van der Waals surface area contributed by atoms with E-state index in [0.717, 1.165) is 18.2 Å². The molecule has 8 heteroatoms. The normalized spacial score (nSPS) is 9.50. The molecule has 84 valence electrons. The number of primary amides is 1. The summed E-state index contributed by atoms with van der Waals surface area (Å²) in [5.74, 6) is -1.40. The molecule has 0 bridgehead atoms. The highest BCUT2D eigenvalue weighted by atomic mass is 16.6. The summed E-state index contributed by atoms with van der Waals surface area (Å²) >= 11 is 0. The van der Waals surface area contributed by atoms with Crippen molar-refractivity contribution in [3.8, 4) is 0 Å². The molecular weight excluding hydrogens is 218 g/mol. The number of carboxylic acids is 1. The van der Waals surface area contributed by atoms with E-state index in [1.165, 1.54) is 0 Å². The third-order valence-corrected chi connectivity index (χ3v) is 1.70. The smallest absolute Gasteiger partial charge is 0.338 e. The van der Waals surface area contributed by atoms with Crippen LogP contribution in [0.5, 0.6) is 0 Å². The molecule has 0 aliphatic heterocycles. The maximum absolute atomic E-state index is 10.8. The summed E-state index contributed by atoms with van der Waals surface area (Å²) in [7, 11) is 0. The molecule has 0 saturated heterocycles. The van der Waals surface area contributed by atoms with Crippen LogP contribution in [0.3, 0.4) is 0 Å². The molecule has 1 rings (SSSR count). The standard InChI is InChI=1S/C8H7N3O5/c9-8(14)10-6-2-1-4(11(15)16)3-5(6)7(12)13/h1-3H,(H,12,13)(H3,9,10,14). The van der Waals surface area contributed by atoms with Gasteiger partial charge in [0.2, 0.25) is 0 Å². The molecule has 1 aromatic rings. The van der Waals surface area contributed by atoms with Gasteiger partial charge >= 0.3 is 12.0 Å². The Kier molecular flexibility index (Phi) is 3.04. The van der Waals surface area contributed by atoms with E-state index in [-0.39, 0.29) is 11.4 Å². The number of aromatic carboxylic acids is 1. The van der Waals surface area contributed by atoms with Gasteiger partial charge in [-0.2, -0.15) is 0 Å². The molecule has 4 N–H and O–H groups in total. The second-order valence-electron chi connectivity index (χ2n) is 2.78. The van der Waals surface area contributed by atoms with Crippen LogP contribution in [0.2, 0.25) is 0 Å². The van der Waals surface area contributed by atoms with Gasteiger partial charge in [-0.15, -0.1) is 0 Å². The minimum absolute atomic E-state index is 0.0920. The number of nitro groups is 1. The Hall–Kier alpha value is -2.64. The molecule has 0 aliphatic rings. The highest BCUT2D eigenvalue weighted by Crippen LogP contribution is 2.21. The van der Waals surface area contributed by atoms with Crippen LogP contribution in [0, 0.1) is 10.1 Å². The number of anilines is 1. The number of benzene rings is 1. The van der Waals surface area contributed by atoms with Gasteiger partial charge in [0, 0.05) is 12.1 Å². The molecule has 0 atom stereocenters. The van der Waals surface area contributed by atoms with Gasteiger partial charge in [-0.1, -0.05) is 0 Å². The van der Waals surface area contributed by atoms with E-state index < -0.39 is 22.5 Å². The third-order valence-electron chi connectivity index (χ3n) is 1.70. The Labute approximate surface area is 88.8 Å². The Balaban J connectivity index is 3.24. The fourth-order valence-electron chi connectivity index (χ4n) is 1.06. The number of urea groups is 1. The summed E-state index contributed by atoms with van der Waals surface area (Å²) in [6, 6.07) is 2.06. The first kappa shape index (κ1) is 11.4. The molecule has 8 nitrogen and oxygen atoms in total. The van der Waals surface area contributed by atoms with Crippen LogP contribution in [0.1, 0.15) is 10.4 Å². The fourth-order valence-corrected chi connectivity index (χ4v) is 1.06. The Morgan fingerprint density at radius 2 is 2.06 bits per heavy atom. The van der Waals surface area contributed by atoms with Crippen LogP contribution < -0.4 is 11.1 Å². The van der Waals surface area contributed by atoms with Crippen molar-refractivity contribution in [1.29, 1.82) is 0 Å². The lowest BCUT2D eigenvalue weighted by molar-refractivity contribution is -0.384. The number of nitrogens with two attached hydrogens (primary N) is 1. The topological polar surface area (TPSA) is 136 Å². The van der Waals surface area contributed by atoms with Crippen LogP contribution in [0.25, 0.3) is 0 Å². The van der Waals surface area contributed by atoms with E-state index in [4.69, 9.17) is 10.8 Å². The van der Waals surface area contributed by atoms with Crippen molar-refractivity contribution >= 4 is 23.4 Å².